The zero-order chi connectivity index (χ0) is 21.0. The van der Waals surface area contributed by atoms with Gasteiger partial charge in [-0.2, -0.15) is 4.31 Å². The van der Waals surface area contributed by atoms with Gasteiger partial charge in [0.2, 0.25) is 15.9 Å². The number of nitrogens with one attached hydrogen (secondary N) is 1. The second-order valence-corrected chi connectivity index (χ2v) is 9.47. The van der Waals surface area contributed by atoms with E-state index in [0.717, 1.165) is 16.7 Å². The van der Waals surface area contributed by atoms with Crippen molar-refractivity contribution in [1.29, 1.82) is 0 Å². The summed E-state index contributed by atoms with van der Waals surface area (Å²) in [6.45, 7) is 7.47. The third kappa shape index (κ3) is 5.04. The smallest absolute Gasteiger partial charge is 0.243 e. The summed E-state index contributed by atoms with van der Waals surface area (Å²) < 4.78 is 27.4. The molecule has 1 heterocycles. The Labute approximate surface area is 173 Å². The first-order chi connectivity index (χ1) is 13.8. The first-order valence-electron chi connectivity index (χ1n) is 9.92. The molecular weight excluding hydrogens is 386 g/mol. The number of carbonyl (C=O) groups excluding carboxylic acids is 1. The highest BCUT2D eigenvalue weighted by Gasteiger charge is 2.31. The molecule has 29 heavy (non-hydrogen) atoms. The number of sulfonamides is 1. The molecule has 0 bridgehead atoms. The molecule has 0 radical (unpaired) electrons. The molecule has 2 aromatic carbocycles. The summed E-state index contributed by atoms with van der Waals surface area (Å²) in [5.74, 6) is -0.00338. The van der Waals surface area contributed by atoms with Gasteiger partial charge in [-0.3, -0.25) is 4.79 Å². The Bertz CT molecular complexity index is 953. The van der Waals surface area contributed by atoms with Crippen LogP contribution >= 0.6 is 0 Å². The Morgan fingerprint density at radius 2 is 1.69 bits per heavy atom. The molecule has 1 amide bonds. The van der Waals surface area contributed by atoms with Crippen LogP contribution in [0, 0.1) is 13.8 Å². The fraction of sp³-hybridized carbons (Fsp3) is 0.409. The Morgan fingerprint density at radius 1 is 1.03 bits per heavy atom. The molecule has 0 saturated carbocycles. The van der Waals surface area contributed by atoms with E-state index in [1.165, 1.54) is 4.31 Å². The molecule has 0 unspecified atom stereocenters. The lowest BCUT2D eigenvalue weighted by Gasteiger charge is -2.34. The van der Waals surface area contributed by atoms with Gasteiger partial charge in [0.1, 0.15) is 0 Å². The molecule has 1 aliphatic rings. The number of hydrogen-bond acceptors (Lipinski definition) is 4. The van der Waals surface area contributed by atoms with Crippen LogP contribution in [0.1, 0.15) is 29.7 Å². The molecule has 0 aliphatic carbocycles. The van der Waals surface area contributed by atoms with Crippen molar-refractivity contribution in [2.75, 3.05) is 32.7 Å². The second-order valence-electron chi connectivity index (χ2n) is 7.57. The van der Waals surface area contributed by atoms with E-state index in [0.29, 0.717) is 31.1 Å². The van der Waals surface area contributed by atoms with Gasteiger partial charge in [-0.25, -0.2) is 8.42 Å². The normalized spacial score (nSPS) is 16.6. The van der Waals surface area contributed by atoms with Gasteiger partial charge in [0, 0.05) is 32.2 Å². The number of carbonyl (C=O) groups is 1. The quantitative estimate of drug-likeness (QED) is 0.787. The van der Waals surface area contributed by atoms with Crippen molar-refractivity contribution >= 4 is 15.9 Å². The summed E-state index contributed by atoms with van der Waals surface area (Å²) >= 11 is 0. The summed E-state index contributed by atoms with van der Waals surface area (Å²) in [5, 5.41) is 3.25. The van der Waals surface area contributed by atoms with Gasteiger partial charge in [0.25, 0.3) is 0 Å². The number of rotatable bonds is 6. The van der Waals surface area contributed by atoms with E-state index < -0.39 is 10.0 Å². The molecule has 1 atom stereocenters. The number of amides is 1. The van der Waals surface area contributed by atoms with E-state index in [4.69, 9.17) is 0 Å². The maximum atomic E-state index is 13.0. The highest BCUT2D eigenvalue weighted by Crippen LogP contribution is 2.22. The molecule has 1 aliphatic heterocycles. The van der Waals surface area contributed by atoms with Crippen LogP contribution in [-0.4, -0.2) is 56.3 Å². The molecular formula is C22H29N3O3S. The molecule has 0 spiro atoms. The standard InChI is InChI=1S/C22H29N3O3S/c1-17-9-10-21(18(2)15-17)29(27,28)25-13-11-24(12-14-25)22(26)16-23-19(3)20-7-5-4-6-8-20/h4-10,15,19,23H,11-14,16H2,1-3H3/t19-/m1/s1. The van der Waals surface area contributed by atoms with Crippen LogP contribution in [0.25, 0.3) is 0 Å². The topological polar surface area (TPSA) is 69.7 Å². The fourth-order valence-corrected chi connectivity index (χ4v) is 5.25. The van der Waals surface area contributed by atoms with Crippen LogP contribution < -0.4 is 5.32 Å². The fourth-order valence-electron chi connectivity index (χ4n) is 3.62. The van der Waals surface area contributed by atoms with Crippen LogP contribution in [0.3, 0.4) is 0 Å². The van der Waals surface area contributed by atoms with Crippen molar-refractivity contribution in [3.05, 3.63) is 65.2 Å². The first kappa shape index (κ1) is 21.5. The summed E-state index contributed by atoms with van der Waals surface area (Å²) in [5.41, 5.74) is 2.92. The zero-order valence-corrected chi connectivity index (χ0v) is 18.1. The SMILES string of the molecule is Cc1ccc(S(=O)(=O)N2CCN(C(=O)CN[C@H](C)c3ccccc3)CC2)c(C)c1. The minimum Gasteiger partial charge on any atom is -0.339 e. The van der Waals surface area contributed by atoms with Crippen LogP contribution in [0.5, 0.6) is 0 Å². The lowest BCUT2D eigenvalue weighted by Crippen LogP contribution is -2.52. The molecule has 2 aromatic rings. The summed E-state index contributed by atoms with van der Waals surface area (Å²) in [7, 11) is -3.54. The highest BCUT2D eigenvalue weighted by molar-refractivity contribution is 7.89. The van der Waals surface area contributed by atoms with E-state index in [2.05, 4.69) is 5.32 Å². The van der Waals surface area contributed by atoms with Gasteiger partial charge in [0.15, 0.2) is 0 Å². The molecule has 7 heteroatoms. The van der Waals surface area contributed by atoms with Gasteiger partial charge in [-0.15, -0.1) is 0 Å². The first-order valence-corrected chi connectivity index (χ1v) is 11.4. The van der Waals surface area contributed by atoms with Gasteiger partial charge in [-0.05, 0) is 38.0 Å². The van der Waals surface area contributed by atoms with Crippen LogP contribution in [0.2, 0.25) is 0 Å². The Balaban J connectivity index is 1.55. The monoisotopic (exact) mass is 415 g/mol. The maximum Gasteiger partial charge on any atom is 0.243 e. The van der Waals surface area contributed by atoms with Crippen molar-refractivity contribution in [2.24, 2.45) is 0 Å². The molecule has 3 rings (SSSR count). The predicted molar refractivity (Wildman–Crippen MR) is 114 cm³/mol. The molecule has 6 nitrogen and oxygen atoms in total. The number of piperazine rings is 1. The van der Waals surface area contributed by atoms with Crippen molar-refractivity contribution in [1.82, 2.24) is 14.5 Å². The van der Waals surface area contributed by atoms with E-state index in [9.17, 15) is 13.2 Å². The van der Waals surface area contributed by atoms with Gasteiger partial charge in [0.05, 0.1) is 11.4 Å². The molecule has 0 aromatic heterocycles. The minimum absolute atomic E-state index is 0.00338. The summed E-state index contributed by atoms with van der Waals surface area (Å²) in [6.07, 6.45) is 0. The second kappa shape index (κ2) is 9.07. The predicted octanol–water partition coefficient (Wildman–Crippen LogP) is 2.49. The molecule has 1 fully saturated rings. The highest BCUT2D eigenvalue weighted by atomic mass is 32.2. The summed E-state index contributed by atoms with van der Waals surface area (Å²) in [4.78, 5) is 14.6. The number of benzene rings is 2. The Hall–Kier alpha value is -2.22. The third-order valence-electron chi connectivity index (χ3n) is 5.40. The zero-order valence-electron chi connectivity index (χ0n) is 17.3. The van der Waals surface area contributed by atoms with E-state index in [1.807, 2.05) is 63.2 Å². The Kier molecular flexibility index (Phi) is 6.72. The van der Waals surface area contributed by atoms with Gasteiger partial charge in [-0.1, -0.05) is 48.0 Å². The average molecular weight is 416 g/mol. The van der Waals surface area contributed by atoms with E-state index in [-0.39, 0.29) is 18.5 Å². The number of nitrogens with zero attached hydrogens (tertiary/aromatic N) is 2. The van der Waals surface area contributed by atoms with Crippen molar-refractivity contribution in [3.63, 3.8) is 0 Å². The van der Waals surface area contributed by atoms with Crippen molar-refractivity contribution < 1.29 is 13.2 Å². The van der Waals surface area contributed by atoms with Crippen LogP contribution in [0.15, 0.2) is 53.4 Å². The molecule has 156 valence electrons. The van der Waals surface area contributed by atoms with Gasteiger partial charge >= 0.3 is 0 Å². The lowest BCUT2D eigenvalue weighted by atomic mass is 10.1. The van der Waals surface area contributed by atoms with E-state index in [1.54, 1.807) is 11.0 Å². The van der Waals surface area contributed by atoms with Crippen molar-refractivity contribution in [2.45, 2.75) is 31.7 Å². The largest absolute Gasteiger partial charge is 0.339 e. The van der Waals surface area contributed by atoms with E-state index >= 15 is 0 Å². The van der Waals surface area contributed by atoms with Crippen molar-refractivity contribution in [3.8, 4) is 0 Å². The van der Waals surface area contributed by atoms with Crippen LogP contribution in [-0.2, 0) is 14.8 Å². The summed E-state index contributed by atoms with van der Waals surface area (Å²) in [6, 6.07) is 15.4. The molecule has 1 N–H and O–H groups in total. The van der Waals surface area contributed by atoms with Gasteiger partial charge < -0.3 is 10.2 Å². The average Bonchev–Trinajstić information content (AvgIpc) is 2.72. The number of aryl methyl sites for hydroxylation is 2. The van der Waals surface area contributed by atoms with Crippen LogP contribution in [0.4, 0.5) is 0 Å². The Morgan fingerprint density at radius 3 is 2.31 bits per heavy atom. The minimum atomic E-state index is -3.54. The third-order valence-corrected chi connectivity index (χ3v) is 7.46. The number of hydrogen-bond donors (Lipinski definition) is 1. The lowest BCUT2D eigenvalue weighted by molar-refractivity contribution is -0.131. The maximum absolute atomic E-state index is 13.0. The molecule has 1 saturated heterocycles.